The van der Waals surface area contributed by atoms with Crippen molar-refractivity contribution in [1.82, 2.24) is 5.32 Å². The fourth-order valence-corrected chi connectivity index (χ4v) is 2.83. The van der Waals surface area contributed by atoms with Crippen LogP contribution in [-0.2, 0) is 9.53 Å². The number of carbonyl (C=O) groups is 1. The van der Waals surface area contributed by atoms with Gasteiger partial charge in [-0.3, -0.25) is 4.79 Å². The van der Waals surface area contributed by atoms with Crippen LogP contribution in [0.5, 0.6) is 0 Å². The Balaban J connectivity index is 1.80. The zero-order valence-electron chi connectivity index (χ0n) is 13.1. The lowest BCUT2D eigenvalue weighted by molar-refractivity contribution is -0.125. The lowest BCUT2D eigenvalue weighted by Crippen LogP contribution is -2.49. The van der Waals surface area contributed by atoms with Crippen molar-refractivity contribution in [2.75, 3.05) is 13.2 Å². The highest BCUT2D eigenvalue weighted by Crippen LogP contribution is 2.19. The molecule has 5 heteroatoms. The highest BCUT2D eigenvalue weighted by molar-refractivity contribution is 5.82. The molecule has 4 N–H and O–H groups in total. The average molecular weight is 306 g/mol. The number of rotatable bonds is 6. The van der Waals surface area contributed by atoms with Crippen molar-refractivity contribution < 1.29 is 14.6 Å². The first-order valence-electron chi connectivity index (χ1n) is 7.94. The van der Waals surface area contributed by atoms with Gasteiger partial charge in [0.1, 0.15) is 0 Å². The van der Waals surface area contributed by atoms with Gasteiger partial charge in [0.05, 0.1) is 12.1 Å². The van der Waals surface area contributed by atoms with Gasteiger partial charge in [-0.1, -0.05) is 30.3 Å². The molecule has 1 amide bonds. The molecule has 1 aliphatic rings. The molecular weight excluding hydrogens is 280 g/mol. The Morgan fingerprint density at radius 2 is 2.00 bits per heavy atom. The van der Waals surface area contributed by atoms with E-state index in [0.717, 1.165) is 18.4 Å². The van der Waals surface area contributed by atoms with E-state index in [-0.39, 0.29) is 17.9 Å². The van der Waals surface area contributed by atoms with Gasteiger partial charge in [0.2, 0.25) is 5.91 Å². The molecule has 1 aromatic carbocycles. The first-order chi connectivity index (χ1) is 10.6. The molecule has 5 nitrogen and oxygen atoms in total. The molecule has 1 aromatic rings. The minimum absolute atomic E-state index is 0.131. The van der Waals surface area contributed by atoms with E-state index in [1.165, 1.54) is 0 Å². The Morgan fingerprint density at radius 3 is 2.64 bits per heavy atom. The first-order valence-corrected chi connectivity index (χ1v) is 7.94. The molecule has 1 heterocycles. The van der Waals surface area contributed by atoms with Crippen LogP contribution in [0.2, 0.25) is 0 Å². The maximum absolute atomic E-state index is 12.2. The third-order valence-electron chi connectivity index (χ3n) is 4.23. The second kappa shape index (κ2) is 8.27. The van der Waals surface area contributed by atoms with Gasteiger partial charge in [0.25, 0.3) is 0 Å². The van der Waals surface area contributed by atoms with Gasteiger partial charge in [0, 0.05) is 19.3 Å². The van der Waals surface area contributed by atoms with Gasteiger partial charge in [0.15, 0.2) is 0 Å². The van der Waals surface area contributed by atoms with Crippen LogP contribution >= 0.6 is 0 Å². The third kappa shape index (κ3) is 4.80. The highest BCUT2D eigenvalue weighted by Gasteiger charge is 2.27. The summed E-state index contributed by atoms with van der Waals surface area (Å²) in [6.45, 7) is 3.24. The minimum Gasteiger partial charge on any atom is -0.388 e. The number of nitrogens with one attached hydrogen (secondary N) is 1. The molecule has 3 atom stereocenters. The Kier molecular flexibility index (Phi) is 6.36. The van der Waals surface area contributed by atoms with E-state index < -0.39 is 12.1 Å². The van der Waals surface area contributed by atoms with Gasteiger partial charge in [-0.05, 0) is 37.7 Å². The highest BCUT2D eigenvalue weighted by atomic mass is 16.5. The molecule has 0 aromatic heterocycles. The summed E-state index contributed by atoms with van der Waals surface area (Å²) in [6, 6.07) is 8.83. The van der Waals surface area contributed by atoms with Crippen LogP contribution in [0.3, 0.4) is 0 Å². The van der Waals surface area contributed by atoms with E-state index in [2.05, 4.69) is 5.32 Å². The summed E-state index contributed by atoms with van der Waals surface area (Å²) in [5, 5.41) is 13.1. The largest absolute Gasteiger partial charge is 0.388 e. The van der Waals surface area contributed by atoms with Crippen LogP contribution in [0.25, 0.3) is 0 Å². The van der Waals surface area contributed by atoms with Crippen molar-refractivity contribution in [2.45, 2.75) is 44.4 Å². The summed E-state index contributed by atoms with van der Waals surface area (Å²) in [6.07, 6.45) is 1.54. The second-order valence-corrected chi connectivity index (χ2v) is 6.05. The number of amides is 1. The summed E-state index contributed by atoms with van der Waals surface area (Å²) in [4.78, 5) is 12.2. The number of aliphatic hydroxyl groups is 1. The fraction of sp³-hybridized carbons (Fsp3) is 0.588. The molecule has 0 bridgehead atoms. The third-order valence-corrected chi connectivity index (χ3v) is 4.23. The van der Waals surface area contributed by atoms with E-state index in [1.807, 2.05) is 37.3 Å². The molecule has 1 aliphatic heterocycles. The standard InChI is InChI=1S/C17H26N2O3/c1-12(11-15(20)13-5-3-2-4-6-13)19-17(21)16(18)14-7-9-22-10-8-14/h2-6,12,14-16,20H,7-11,18H2,1H3,(H,19,21). The van der Waals surface area contributed by atoms with E-state index >= 15 is 0 Å². The summed E-state index contributed by atoms with van der Waals surface area (Å²) >= 11 is 0. The van der Waals surface area contributed by atoms with E-state index in [4.69, 9.17) is 10.5 Å². The number of benzene rings is 1. The number of nitrogens with two attached hydrogens (primary N) is 1. The summed E-state index contributed by atoms with van der Waals surface area (Å²) in [5.74, 6) is 0.0414. The maximum Gasteiger partial charge on any atom is 0.237 e. The lowest BCUT2D eigenvalue weighted by Gasteiger charge is -2.28. The van der Waals surface area contributed by atoms with Gasteiger partial charge >= 0.3 is 0 Å². The molecule has 0 radical (unpaired) electrons. The van der Waals surface area contributed by atoms with E-state index in [0.29, 0.717) is 19.6 Å². The van der Waals surface area contributed by atoms with E-state index in [9.17, 15) is 9.90 Å². The van der Waals surface area contributed by atoms with Crippen LogP contribution < -0.4 is 11.1 Å². The van der Waals surface area contributed by atoms with Crippen molar-refractivity contribution in [2.24, 2.45) is 11.7 Å². The van der Waals surface area contributed by atoms with Crippen LogP contribution in [0.4, 0.5) is 0 Å². The molecule has 1 saturated heterocycles. The molecule has 22 heavy (non-hydrogen) atoms. The number of hydrogen-bond donors (Lipinski definition) is 3. The van der Waals surface area contributed by atoms with Crippen molar-refractivity contribution in [1.29, 1.82) is 0 Å². The quantitative estimate of drug-likeness (QED) is 0.741. The van der Waals surface area contributed by atoms with Gasteiger partial charge < -0.3 is 20.9 Å². The van der Waals surface area contributed by atoms with Crippen LogP contribution in [0.15, 0.2) is 30.3 Å². The topological polar surface area (TPSA) is 84.6 Å². The summed E-state index contributed by atoms with van der Waals surface area (Å²) < 4.78 is 5.29. The molecular formula is C17H26N2O3. The van der Waals surface area contributed by atoms with E-state index in [1.54, 1.807) is 0 Å². The van der Waals surface area contributed by atoms with Crippen molar-refractivity contribution in [3.63, 3.8) is 0 Å². The Hall–Kier alpha value is -1.43. The molecule has 122 valence electrons. The zero-order chi connectivity index (χ0) is 15.9. The van der Waals surface area contributed by atoms with Crippen LogP contribution in [-0.4, -0.2) is 36.3 Å². The fourth-order valence-electron chi connectivity index (χ4n) is 2.83. The predicted molar refractivity (Wildman–Crippen MR) is 85.1 cm³/mol. The van der Waals surface area contributed by atoms with Gasteiger partial charge in [-0.2, -0.15) is 0 Å². The minimum atomic E-state index is -0.587. The average Bonchev–Trinajstić information content (AvgIpc) is 2.55. The number of ether oxygens (including phenoxy) is 1. The lowest BCUT2D eigenvalue weighted by atomic mass is 9.91. The first kappa shape index (κ1) is 16.9. The SMILES string of the molecule is CC(CC(O)c1ccccc1)NC(=O)C(N)C1CCOCC1. The molecule has 3 unspecified atom stereocenters. The second-order valence-electron chi connectivity index (χ2n) is 6.05. The molecule has 1 fully saturated rings. The molecule has 0 spiro atoms. The van der Waals surface area contributed by atoms with Gasteiger partial charge in [-0.25, -0.2) is 0 Å². The zero-order valence-corrected chi connectivity index (χ0v) is 13.1. The molecule has 0 aliphatic carbocycles. The summed E-state index contributed by atoms with van der Waals surface area (Å²) in [5.41, 5.74) is 6.91. The van der Waals surface area contributed by atoms with Crippen LogP contribution in [0, 0.1) is 5.92 Å². The maximum atomic E-state index is 12.2. The monoisotopic (exact) mass is 306 g/mol. The molecule has 0 saturated carbocycles. The van der Waals surface area contributed by atoms with Crippen molar-refractivity contribution in [3.05, 3.63) is 35.9 Å². The smallest absolute Gasteiger partial charge is 0.237 e. The van der Waals surface area contributed by atoms with Crippen molar-refractivity contribution in [3.8, 4) is 0 Å². The number of carbonyl (C=O) groups excluding carboxylic acids is 1. The van der Waals surface area contributed by atoms with Crippen LogP contribution in [0.1, 0.15) is 37.9 Å². The number of aliphatic hydroxyl groups excluding tert-OH is 1. The normalized spacial score (nSPS) is 20.1. The van der Waals surface area contributed by atoms with Gasteiger partial charge in [-0.15, -0.1) is 0 Å². The Morgan fingerprint density at radius 1 is 1.36 bits per heavy atom. The molecule has 2 rings (SSSR count). The number of hydrogen-bond acceptors (Lipinski definition) is 4. The Labute approximate surface area is 131 Å². The predicted octanol–water partition coefficient (Wildman–Crippen LogP) is 1.37. The Bertz CT molecular complexity index is 460. The van der Waals surface area contributed by atoms with Crippen molar-refractivity contribution >= 4 is 5.91 Å². The summed E-state index contributed by atoms with van der Waals surface area (Å²) in [7, 11) is 0.